The first-order valence-electron chi connectivity index (χ1n) is 7.54. The van der Waals surface area contributed by atoms with Crippen molar-refractivity contribution in [2.45, 2.75) is 26.3 Å². The molecule has 0 bridgehead atoms. The van der Waals surface area contributed by atoms with Gasteiger partial charge in [-0.25, -0.2) is 4.79 Å². The van der Waals surface area contributed by atoms with Gasteiger partial charge < -0.3 is 5.32 Å². The highest BCUT2D eigenvalue weighted by molar-refractivity contribution is 6.31. The normalized spacial score (nSPS) is 15.7. The summed E-state index contributed by atoms with van der Waals surface area (Å²) in [6.07, 6.45) is 2.12. The summed E-state index contributed by atoms with van der Waals surface area (Å²) in [4.78, 5) is 14.7. The number of allylic oxidation sites excluding steroid dienone is 1. The molecule has 1 N–H and O–H groups in total. The van der Waals surface area contributed by atoms with Gasteiger partial charge in [0.2, 0.25) is 0 Å². The third kappa shape index (κ3) is 2.97. The highest BCUT2D eigenvalue weighted by Crippen LogP contribution is 2.39. The quantitative estimate of drug-likeness (QED) is 0.729. The van der Waals surface area contributed by atoms with Crippen LogP contribution >= 0.6 is 11.6 Å². The maximum atomic E-state index is 12.9. The minimum absolute atomic E-state index is 0.173. The van der Waals surface area contributed by atoms with E-state index in [4.69, 9.17) is 11.6 Å². The molecule has 2 aromatic carbocycles. The van der Waals surface area contributed by atoms with E-state index in [1.807, 2.05) is 50.2 Å². The largest absolute Gasteiger partial charge is 0.327 e. The van der Waals surface area contributed by atoms with E-state index in [-0.39, 0.29) is 6.03 Å². The van der Waals surface area contributed by atoms with Crippen LogP contribution in [0, 0.1) is 0 Å². The molecule has 3 rings (SSSR count). The Bertz CT molecular complexity index is 795. The number of rotatable bonds is 1. The van der Waals surface area contributed by atoms with Gasteiger partial charge in [0.15, 0.2) is 0 Å². The Kier molecular flexibility index (Phi) is 3.90. The third-order valence-electron chi connectivity index (χ3n) is 3.99. The van der Waals surface area contributed by atoms with Gasteiger partial charge in [-0.3, -0.25) is 4.90 Å². The molecule has 23 heavy (non-hydrogen) atoms. The van der Waals surface area contributed by atoms with Crippen LogP contribution in [0.25, 0.3) is 5.57 Å². The average molecular weight is 327 g/mol. The zero-order chi connectivity index (χ0) is 16.6. The van der Waals surface area contributed by atoms with E-state index >= 15 is 0 Å². The van der Waals surface area contributed by atoms with Crippen LogP contribution in [0.3, 0.4) is 0 Å². The molecule has 2 amide bonds. The van der Waals surface area contributed by atoms with Gasteiger partial charge in [0, 0.05) is 16.3 Å². The summed E-state index contributed by atoms with van der Waals surface area (Å²) in [6.45, 7) is 6.14. The number of hydrogen-bond acceptors (Lipinski definition) is 1. The lowest BCUT2D eigenvalue weighted by Gasteiger charge is -2.41. The lowest BCUT2D eigenvalue weighted by Crippen LogP contribution is -2.50. The molecule has 3 nitrogen and oxygen atoms in total. The van der Waals surface area contributed by atoms with Crippen molar-refractivity contribution in [1.82, 2.24) is 0 Å². The van der Waals surface area contributed by atoms with Crippen LogP contribution in [0.15, 0.2) is 54.6 Å². The molecular weight excluding hydrogens is 308 g/mol. The number of nitrogens with one attached hydrogen (secondary N) is 1. The number of urea groups is 1. The van der Waals surface area contributed by atoms with Crippen molar-refractivity contribution in [3.8, 4) is 0 Å². The van der Waals surface area contributed by atoms with E-state index < -0.39 is 5.54 Å². The van der Waals surface area contributed by atoms with Gasteiger partial charge in [0.05, 0.1) is 11.2 Å². The number of fused-ring (bicyclic) bond motifs is 1. The zero-order valence-electron chi connectivity index (χ0n) is 13.4. The van der Waals surface area contributed by atoms with Gasteiger partial charge >= 0.3 is 6.03 Å². The molecule has 118 valence electrons. The molecule has 0 fully saturated rings. The first-order chi connectivity index (χ1) is 10.9. The highest BCUT2D eigenvalue weighted by atomic mass is 35.5. The molecule has 2 aromatic rings. The molecule has 4 heteroatoms. The lowest BCUT2D eigenvalue weighted by atomic mass is 9.89. The van der Waals surface area contributed by atoms with E-state index in [1.54, 1.807) is 17.0 Å². The summed E-state index contributed by atoms with van der Waals surface area (Å²) in [5, 5.41) is 3.53. The van der Waals surface area contributed by atoms with Crippen molar-refractivity contribution in [2.24, 2.45) is 0 Å². The summed E-state index contributed by atoms with van der Waals surface area (Å²) in [7, 11) is 0. The van der Waals surface area contributed by atoms with E-state index in [0.29, 0.717) is 10.7 Å². The second kappa shape index (κ2) is 5.74. The summed E-state index contributed by atoms with van der Waals surface area (Å²) in [5.74, 6) is 0. The number of hydrogen-bond donors (Lipinski definition) is 1. The number of amides is 2. The van der Waals surface area contributed by atoms with Crippen LogP contribution in [0.1, 0.15) is 26.3 Å². The average Bonchev–Trinajstić information content (AvgIpc) is 2.46. The molecule has 1 aliphatic rings. The molecule has 0 aliphatic carbocycles. The Hall–Kier alpha value is -2.26. The summed E-state index contributed by atoms with van der Waals surface area (Å²) < 4.78 is 0. The monoisotopic (exact) mass is 326 g/mol. The lowest BCUT2D eigenvalue weighted by molar-refractivity contribution is 0.253. The first-order valence-corrected chi connectivity index (χ1v) is 7.92. The molecular formula is C19H19ClN2O. The number of benzene rings is 2. The smallest absolute Gasteiger partial charge is 0.307 e. The fraction of sp³-hybridized carbons (Fsp3) is 0.211. The number of halogens is 1. The maximum absolute atomic E-state index is 12.9. The fourth-order valence-corrected chi connectivity index (χ4v) is 3.29. The predicted molar refractivity (Wildman–Crippen MR) is 97.1 cm³/mol. The summed E-state index contributed by atoms with van der Waals surface area (Å²) in [6, 6.07) is 14.9. The van der Waals surface area contributed by atoms with Crippen LogP contribution in [-0.2, 0) is 0 Å². The summed E-state index contributed by atoms with van der Waals surface area (Å²) in [5.41, 5.74) is 3.44. The van der Waals surface area contributed by atoms with E-state index in [9.17, 15) is 4.79 Å². The minimum atomic E-state index is -0.416. The van der Waals surface area contributed by atoms with Crippen molar-refractivity contribution in [3.63, 3.8) is 0 Å². The zero-order valence-corrected chi connectivity index (χ0v) is 14.2. The molecule has 1 heterocycles. The van der Waals surface area contributed by atoms with Crippen LogP contribution in [-0.4, -0.2) is 11.6 Å². The van der Waals surface area contributed by atoms with Gasteiger partial charge in [0.1, 0.15) is 0 Å². The Morgan fingerprint density at radius 2 is 1.87 bits per heavy atom. The number of carbonyl (C=O) groups excluding carboxylic acids is 1. The van der Waals surface area contributed by atoms with Crippen LogP contribution in [0.5, 0.6) is 0 Å². The molecule has 0 saturated heterocycles. The second-order valence-corrected chi connectivity index (χ2v) is 6.71. The standard InChI is InChI=1S/C19H19ClN2O/c1-13-12-19(2,3)22(17-10-5-4-9-16(13)17)18(23)21-15-8-6-7-14(20)11-15/h4-12H,1-3H3,(H,21,23). The van der Waals surface area contributed by atoms with E-state index in [0.717, 1.165) is 11.3 Å². The number of carbonyl (C=O) groups is 1. The van der Waals surface area contributed by atoms with E-state index in [1.165, 1.54) is 5.57 Å². The van der Waals surface area contributed by atoms with Crippen molar-refractivity contribution in [1.29, 1.82) is 0 Å². The van der Waals surface area contributed by atoms with Crippen LogP contribution in [0.4, 0.5) is 16.2 Å². The molecule has 0 atom stereocenters. The Labute approximate surface area is 141 Å². The topological polar surface area (TPSA) is 32.3 Å². The Balaban J connectivity index is 1.99. The molecule has 0 radical (unpaired) electrons. The second-order valence-electron chi connectivity index (χ2n) is 6.27. The highest BCUT2D eigenvalue weighted by Gasteiger charge is 2.35. The van der Waals surface area contributed by atoms with Crippen molar-refractivity contribution in [3.05, 3.63) is 65.2 Å². The van der Waals surface area contributed by atoms with Gasteiger partial charge in [-0.1, -0.05) is 41.9 Å². The fourth-order valence-electron chi connectivity index (χ4n) is 3.10. The summed E-state index contributed by atoms with van der Waals surface area (Å²) >= 11 is 6.00. The van der Waals surface area contributed by atoms with Crippen LogP contribution < -0.4 is 10.2 Å². The van der Waals surface area contributed by atoms with Crippen LogP contribution in [0.2, 0.25) is 5.02 Å². The van der Waals surface area contributed by atoms with Crippen molar-refractivity contribution >= 4 is 34.6 Å². The van der Waals surface area contributed by atoms with Gasteiger partial charge in [-0.05, 0) is 50.6 Å². The molecule has 0 spiro atoms. The number of para-hydroxylation sites is 1. The third-order valence-corrected chi connectivity index (χ3v) is 4.23. The molecule has 1 aliphatic heterocycles. The first kappa shape index (κ1) is 15.6. The van der Waals surface area contributed by atoms with Gasteiger partial charge in [0.25, 0.3) is 0 Å². The Morgan fingerprint density at radius 3 is 2.61 bits per heavy atom. The minimum Gasteiger partial charge on any atom is -0.307 e. The van der Waals surface area contributed by atoms with Gasteiger partial charge in [-0.2, -0.15) is 0 Å². The molecule has 0 unspecified atom stereocenters. The Morgan fingerprint density at radius 1 is 1.13 bits per heavy atom. The predicted octanol–water partition coefficient (Wildman–Crippen LogP) is 5.57. The number of anilines is 2. The number of nitrogens with zero attached hydrogens (tertiary/aromatic N) is 1. The van der Waals surface area contributed by atoms with Crippen molar-refractivity contribution < 1.29 is 4.79 Å². The van der Waals surface area contributed by atoms with Gasteiger partial charge in [-0.15, -0.1) is 0 Å². The maximum Gasteiger partial charge on any atom is 0.327 e. The van der Waals surface area contributed by atoms with E-state index in [2.05, 4.69) is 18.3 Å². The molecule has 0 saturated carbocycles. The molecule has 0 aromatic heterocycles. The van der Waals surface area contributed by atoms with Crippen molar-refractivity contribution in [2.75, 3.05) is 10.2 Å². The SMILES string of the molecule is CC1=CC(C)(C)N(C(=O)Nc2cccc(Cl)c2)c2ccccc21.